The molecule has 0 atom stereocenters. The molecular weight excluding hydrogens is 444 g/mol. The monoisotopic (exact) mass is 458 g/mol. The zero-order chi connectivity index (χ0) is 20.5. The summed E-state index contributed by atoms with van der Waals surface area (Å²) in [7, 11) is 0. The van der Waals surface area contributed by atoms with Crippen molar-refractivity contribution in [1.82, 2.24) is 0 Å². The topological polar surface area (TPSA) is 71.3 Å². The largest absolute Gasteiger partial charge is 0.490 e. The van der Waals surface area contributed by atoms with Gasteiger partial charge < -0.3 is 14.8 Å². The minimum Gasteiger partial charge on any atom is -0.490 e. The smallest absolute Gasteiger partial charge is 0.266 e. The maximum Gasteiger partial charge on any atom is 0.266 e. The highest BCUT2D eigenvalue weighted by Crippen LogP contribution is 2.37. The number of terminal acetylenes is 1. The van der Waals surface area contributed by atoms with Crippen molar-refractivity contribution in [3.05, 3.63) is 57.0 Å². The van der Waals surface area contributed by atoms with E-state index in [9.17, 15) is 10.1 Å². The van der Waals surface area contributed by atoms with Gasteiger partial charge in [-0.05, 0) is 64.8 Å². The Labute approximate surface area is 177 Å². The Morgan fingerprint density at radius 1 is 1.36 bits per heavy atom. The van der Waals surface area contributed by atoms with Crippen LogP contribution < -0.4 is 14.8 Å². The second kappa shape index (κ2) is 10.4. The Hall–Kier alpha value is -2.93. The lowest BCUT2D eigenvalue weighted by Gasteiger charge is -2.13. The van der Waals surface area contributed by atoms with Gasteiger partial charge in [-0.25, -0.2) is 0 Å². The van der Waals surface area contributed by atoms with E-state index in [1.165, 1.54) is 6.08 Å². The molecule has 0 unspecified atom stereocenters. The van der Waals surface area contributed by atoms with Crippen molar-refractivity contribution in [3.8, 4) is 29.9 Å². The van der Waals surface area contributed by atoms with E-state index in [-0.39, 0.29) is 12.2 Å². The van der Waals surface area contributed by atoms with Gasteiger partial charge in [0.25, 0.3) is 5.91 Å². The Balaban J connectivity index is 2.33. The SMILES string of the molecule is C#CCOc1c(Br)cc(C=C(C#N)C(=O)Nc2cccc(Cl)c2)cc1OCC. The molecule has 0 spiro atoms. The van der Waals surface area contributed by atoms with Gasteiger partial charge in [-0.1, -0.05) is 23.6 Å². The number of carbonyl (C=O) groups is 1. The number of nitrogens with zero attached hydrogens (tertiary/aromatic N) is 1. The summed E-state index contributed by atoms with van der Waals surface area (Å²) >= 11 is 9.32. The first-order valence-electron chi connectivity index (χ1n) is 8.19. The van der Waals surface area contributed by atoms with Crippen LogP contribution in [0.25, 0.3) is 6.08 Å². The van der Waals surface area contributed by atoms with E-state index in [1.54, 1.807) is 36.4 Å². The lowest BCUT2D eigenvalue weighted by molar-refractivity contribution is -0.112. The van der Waals surface area contributed by atoms with Crippen LogP contribution in [0, 0.1) is 23.7 Å². The predicted octanol–water partition coefficient (Wildman–Crippen LogP) is 5.06. The number of halogens is 2. The fraction of sp³-hybridized carbons (Fsp3) is 0.143. The summed E-state index contributed by atoms with van der Waals surface area (Å²) in [6.07, 6.45) is 6.70. The molecule has 1 N–H and O–H groups in total. The number of hydrogen-bond acceptors (Lipinski definition) is 4. The molecule has 28 heavy (non-hydrogen) atoms. The van der Waals surface area contributed by atoms with E-state index in [0.29, 0.717) is 38.9 Å². The van der Waals surface area contributed by atoms with Crippen LogP contribution in [0.5, 0.6) is 11.5 Å². The highest BCUT2D eigenvalue weighted by Gasteiger charge is 2.14. The van der Waals surface area contributed by atoms with Gasteiger partial charge in [0.05, 0.1) is 11.1 Å². The molecule has 0 aliphatic rings. The second-order valence-corrected chi connectivity index (χ2v) is 6.68. The average Bonchev–Trinajstić information content (AvgIpc) is 2.65. The van der Waals surface area contributed by atoms with Crippen LogP contribution in [-0.2, 0) is 4.79 Å². The number of nitrogens with one attached hydrogen (secondary N) is 1. The number of nitriles is 1. The van der Waals surface area contributed by atoms with Crippen molar-refractivity contribution in [2.24, 2.45) is 0 Å². The summed E-state index contributed by atoms with van der Waals surface area (Å²) < 4.78 is 11.7. The Morgan fingerprint density at radius 3 is 2.79 bits per heavy atom. The molecule has 0 heterocycles. The van der Waals surface area contributed by atoms with Crippen LogP contribution in [0.15, 0.2) is 46.4 Å². The summed E-state index contributed by atoms with van der Waals surface area (Å²) in [6, 6.07) is 12.0. The molecule has 0 fully saturated rings. The standard InChI is InChI=1S/C21H16BrClN2O3/c1-3-8-28-20-18(22)10-14(11-19(20)27-4-2)9-15(13-24)21(26)25-17-7-5-6-16(23)12-17/h1,5-7,9-12H,4,8H2,2H3,(H,25,26). The van der Waals surface area contributed by atoms with Crippen LogP contribution >= 0.6 is 27.5 Å². The molecular formula is C21H16BrClN2O3. The molecule has 2 rings (SSSR count). The predicted molar refractivity (Wildman–Crippen MR) is 113 cm³/mol. The van der Waals surface area contributed by atoms with E-state index in [1.807, 2.05) is 13.0 Å². The van der Waals surface area contributed by atoms with Crippen LogP contribution in [0.2, 0.25) is 5.02 Å². The number of benzene rings is 2. The number of amides is 1. The molecule has 0 aromatic heterocycles. The first-order valence-corrected chi connectivity index (χ1v) is 9.37. The van der Waals surface area contributed by atoms with Crippen molar-refractivity contribution >= 4 is 45.2 Å². The van der Waals surface area contributed by atoms with Crippen molar-refractivity contribution in [1.29, 1.82) is 5.26 Å². The van der Waals surface area contributed by atoms with Gasteiger partial charge in [-0.2, -0.15) is 5.26 Å². The third kappa shape index (κ3) is 5.79. The normalized spacial score (nSPS) is 10.5. The van der Waals surface area contributed by atoms with Crippen LogP contribution in [0.3, 0.4) is 0 Å². The van der Waals surface area contributed by atoms with Crippen LogP contribution in [0.4, 0.5) is 5.69 Å². The van der Waals surface area contributed by atoms with E-state index in [2.05, 4.69) is 27.2 Å². The molecule has 0 aliphatic carbocycles. The molecule has 5 nitrogen and oxygen atoms in total. The summed E-state index contributed by atoms with van der Waals surface area (Å²) in [5.41, 5.74) is 1.00. The number of carbonyl (C=O) groups excluding carboxylic acids is 1. The first-order chi connectivity index (χ1) is 13.5. The van der Waals surface area contributed by atoms with Gasteiger partial charge in [0, 0.05) is 10.7 Å². The first kappa shape index (κ1) is 21.4. The van der Waals surface area contributed by atoms with Gasteiger partial charge >= 0.3 is 0 Å². The summed E-state index contributed by atoms with van der Waals surface area (Å²) in [5.74, 6) is 2.75. The lowest BCUT2D eigenvalue weighted by Crippen LogP contribution is -2.13. The van der Waals surface area contributed by atoms with Gasteiger partial charge in [0.1, 0.15) is 18.2 Å². The molecule has 0 aliphatic heterocycles. The quantitative estimate of drug-likeness (QED) is 0.357. The number of anilines is 1. The number of rotatable bonds is 7. The average molecular weight is 460 g/mol. The number of hydrogen-bond donors (Lipinski definition) is 1. The Bertz CT molecular complexity index is 990. The minimum atomic E-state index is -0.550. The maximum atomic E-state index is 12.4. The third-order valence-electron chi connectivity index (χ3n) is 3.39. The molecule has 2 aromatic rings. The zero-order valence-electron chi connectivity index (χ0n) is 15.0. The molecule has 1 amide bonds. The Kier molecular flexibility index (Phi) is 7.95. The molecule has 2 aromatic carbocycles. The lowest BCUT2D eigenvalue weighted by atomic mass is 10.1. The van der Waals surface area contributed by atoms with Gasteiger partial charge in [-0.15, -0.1) is 6.42 Å². The Morgan fingerprint density at radius 2 is 2.14 bits per heavy atom. The van der Waals surface area contributed by atoms with E-state index in [0.717, 1.165) is 0 Å². The van der Waals surface area contributed by atoms with E-state index in [4.69, 9.17) is 27.5 Å². The maximum absolute atomic E-state index is 12.4. The number of ether oxygens (including phenoxy) is 2. The van der Waals surface area contributed by atoms with E-state index >= 15 is 0 Å². The highest BCUT2D eigenvalue weighted by atomic mass is 79.9. The molecule has 0 bridgehead atoms. The summed E-state index contributed by atoms with van der Waals surface area (Å²) in [6.45, 7) is 2.33. The molecule has 142 valence electrons. The molecule has 0 radical (unpaired) electrons. The van der Waals surface area contributed by atoms with Crippen molar-refractivity contribution in [3.63, 3.8) is 0 Å². The molecule has 0 saturated carbocycles. The van der Waals surface area contributed by atoms with Gasteiger partial charge in [0.2, 0.25) is 0 Å². The fourth-order valence-corrected chi connectivity index (χ4v) is 3.03. The van der Waals surface area contributed by atoms with Crippen LogP contribution in [-0.4, -0.2) is 19.1 Å². The van der Waals surface area contributed by atoms with Crippen molar-refractivity contribution in [2.45, 2.75) is 6.92 Å². The zero-order valence-corrected chi connectivity index (χ0v) is 17.3. The van der Waals surface area contributed by atoms with Gasteiger partial charge in [-0.3, -0.25) is 4.79 Å². The highest BCUT2D eigenvalue weighted by molar-refractivity contribution is 9.10. The summed E-state index contributed by atoms with van der Waals surface area (Å²) in [4.78, 5) is 12.4. The van der Waals surface area contributed by atoms with Crippen molar-refractivity contribution in [2.75, 3.05) is 18.5 Å². The second-order valence-electron chi connectivity index (χ2n) is 5.39. The van der Waals surface area contributed by atoms with Crippen molar-refractivity contribution < 1.29 is 14.3 Å². The summed E-state index contributed by atoms with van der Waals surface area (Å²) in [5, 5.41) is 12.5. The van der Waals surface area contributed by atoms with E-state index < -0.39 is 5.91 Å². The molecule has 0 saturated heterocycles. The fourth-order valence-electron chi connectivity index (χ4n) is 2.27. The molecule has 7 heteroatoms. The van der Waals surface area contributed by atoms with Crippen LogP contribution in [0.1, 0.15) is 12.5 Å². The minimum absolute atomic E-state index is 0.0772. The third-order valence-corrected chi connectivity index (χ3v) is 4.21. The van der Waals surface area contributed by atoms with Gasteiger partial charge in [0.15, 0.2) is 11.5 Å².